The summed E-state index contributed by atoms with van der Waals surface area (Å²) in [6.45, 7) is 0. The summed E-state index contributed by atoms with van der Waals surface area (Å²) < 4.78 is 24.1. The summed E-state index contributed by atoms with van der Waals surface area (Å²) in [6.07, 6.45) is 3.91. The van der Waals surface area contributed by atoms with Crippen molar-refractivity contribution in [1.82, 2.24) is 0 Å². The molecule has 0 radical (unpaired) electrons. The molecule has 0 saturated heterocycles. The SMILES string of the molecule is N#Cc1c(NS(N)(=O)=O)sc2c1CCCC2. The van der Waals surface area contributed by atoms with E-state index in [-0.39, 0.29) is 0 Å². The van der Waals surface area contributed by atoms with Crippen LogP contribution in [0.15, 0.2) is 0 Å². The van der Waals surface area contributed by atoms with Gasteiger partial charge in [0.05, 0.1) is 5.56 Å². The minimum Gasteiger partial charge on any atom is -0.261 e. The number of hydrogen-bond acceptors (Lipinski definition) is 4. The Labute approximate surface area is 98.1 Å². The summed E-state index contributed by atoms with van der Waals surface area (Å²) in [5.74, 6) is 0. The quantitative estimate of drug-likeness (QED) is 0.830. The second-order valence-corrected chi connectivity index (χ2v) is 6.07. The average Bonchev–Trinajstić information content (AvgIpc) is 2.51. The Kier molecular flexibility index (Phi) is 2.88. The Morgan fingerprint density at radius 1 is 1.38 bits per heavy atom. The van der Waals surface area contributed by atoms with Gasteiger partial charge in [-0.15, -0.1) is 11.3 Å². The first-order valence-corrected chi connectivity index (χ1v) is 7.22. The molecule has 0 aromatic carbocycles. The minimum atomic E-state index is -3.80. The van der Waals surface area contributed by atoms with E-state index in [1.54, 1.807) is 0 Å². The molecule has 2 rings (SSSR count). The lowest BCUT2D eigenvalue weighted by Crippen LogP contribution is -2.21. The first kappa shape index (κ1) is 11.4. The molecule has 5 nitrogen and oxygen atoms in total. The van der Waals surface area contributed by atoms with E-state index in [2.05, 4.69) is 10.8 Å². The van der Waals surface area contributed by atoms with Crippen molar-refractivity contribution < 1.29 is 8.42 Å². The monoisotopic (exact) mass is 257 g/mol. The normalized spacial score (nSPS) is 15.2. The third-order valence-electron chi connectivity index (χ3n) is 2.52. The molecule has 1 aromatic heterocycles. The Bertz CT molecular complexity index is 554. The Morgan fingerprint density at radius 2 is 2.06 bits per heavy atom. The molecule has 0 aliphatic heterocycles. The lowest BCUT2D eigenvalue weighted by atomic mass is 9.96. The van der Waals surface area contributed by atoms with Crippen LogP contribution in [0.5, 0.6) is 0 Å². The maximum absolute atomic E-state index is 10.9. The van der Waals surface area contributed by atoms with Crippen LogP contribution in [0, 0.1) is 11.3 Å². The molecule has 0 saturated carbocycles. The molecule has 1 heterocycles. The highest BCUT2D eigenvalue weighted by atomic mass is 32.2. The second-order valence-electron chi connectivity index (χ2n) is 3.67. The van der Waals surface area contributed by atoms with Gasteiger partial charge in [-0.25, -0.2) is 5.14 Å². The third kappa shape index (κ3) is 2.19. The van der Waals surface area contributed by atoms with E-state index >= 15 is 0 Å². The largest absolute Gasteiger partial charge is 0.297 e. The summed E-state index contributed by atoms with van der Waals surface area (Å²) >= 11 is 1.32. The molecule has 1 aliphatic rings. The van der Waals surface area contributed by atoms with E-state index in [4.69, 9.17) is 10.4 Å². The molecule has 86 valence electrons. The highest BCUT2D eigenvalue weighted by molar-refractivity contribution is 7.90. The van der Waals surface area contributed by atoms with E-state index in [1.807, 2.05) is 0 Å². The number of nitrogens with zero attached hydrogens (tertiary/aromatic N) is 1. The lowest BCUT2D eigenvalue weighted by Gasteiger charge is -2.09. The van der Waals surface area contributed by atoms with E-state index in [0.29, 0.717) is 10.6 Å². The molecule has 3 N–H and O–H groups in total. The Morgan fingerprint density at radius 3 is 2.69 bits per heavy atom. The first-order valence-electron chi connectivity index (χ1n) is 4.86. The van der Waals surface area contributed by atoms with Crippen molar-refractivity contribution in [3.8, 4) is 6.07 Å². The number of nitrogens with one attached hydrogen (secondary N) is 1. The zero-order valence-electron chi connectivity index (χ0n) is 8.49. The predicted molar refractivity (Wildman–Crippen MR) is 62.4 cm³/mol. The number of anilines is 1. The van der Waals surface area contributed by atoms with Gasteiger partial charge < -0.3 is 0 Å². The highest BCUT2D eigenvalue weighted by Gasteiger charge is 2.22. The van der Waals surface area contributed by atoms with Crippen molar-refractivity contribution in [2.45, 2.75) is 25.7 Å². The molecule has 0 amide bonds. The molecule has 1 aromatic rings. The van der Waals surface area contributed by atoms with Crippen molar-refractivity contribution in [2.75, 3.05) is 4.72 Å². The number of fused-ring (bicyclic) bond motifs is 1. The van der Waals surface area contributed by atoms with Crippen LogP contribution in [0.2, 0.25) is 0 Å². The number of nitriles is 1. The summed E-state index contributed by atoms with van der Waals surface area (Å²) in [7, 11) is -3.80. The van der Waals surface area contributed by atoms with Gasteiger partial charge in [0, 0.05) is 4.88 Å². The fraction of sp³-hybridized carbons (Fsp3) is 0.444. The van der Waals surface area contributed by atoms with Gasteiger partial charge in [-0.1, -0.05) is 0 Å². The Hall–Kier alpha value is -1.10. The molecule has 0 fully saturated rings. The first-order chi connectivity index (χ1) is 7.51. The number of hydrogen-bond donors (Lipinski definition) is 2. The zero-order valence-corrected chi connectivity index (χ0v) is 10.1. The lowest BCUT2D eigenvalue weighted by molar-refractivity contribution is 0.603. The van der Waals surface area contributed by atoms with Crippen LogP contribution in [-0.2, 0) is 23.1 Å². The molecule has 0 bridgehead atoms. The highest BCUT2D eigenvalue weighted by Crippen LogP contribution is 2.37. The fourth-order valence-electron chi connectivity index (χ4n) is 1.89. The zero-order chi connectivity index (χ0) is 11.8. The molecule has 7 heteroatoms. The van der Waals surface area contributed by atoms with E-state index < -0.39 is 10.2 Å². The number of nitrogens with two attached hydrogens (primary N) is 1. The summed E-state index contributed by atoms with van der Waals surface area (Å²) in [5.41, 5.74) is 1.43. The van der Waals surface area contributed by atoms with E-state index in [0.717, 1.165) is 36.1 Å². The van der Waals surface area contributed by atoms with Gasteiger partial charge in [-0.2, -0.15) is 13.7 Å². The van der Waals surface area contributed by atoms with Crippen LogP contribution < -0.4 is 9.86 Å². The van der Waals surface area contributed by atoms with Gasteiger partial charge in [0.1, 0.15) is 11.1 Å². The maximum atomic E-state index is 10.9. The fourth-order valence-corrected chi connectivity index (χ4v) is 3.85. The summed E-state index contributed by atoms with van der Waals surface area (Å²) in [4.78, 5) is 1.11. The van der Waals surface area contributed by atoms with Crippen LogP contribution in [0.25, 0.3) is 0 Å². The second kappa shape index (κ2) is 4.05. The smallest absolute Gasteiger partial charge is 0.261 e. The molecule has 0 spiro atoms. The molecular weight excluding hydrogens is 246 g/mol. The molecule has 16 heavy (non-hydrogen) atoms. The molecule has 0 unspecified atom stereocenters. The summed E-state index contributed by atoms with van der Waals surface area (Å²) in [6, 6.07) is 2.05. The van der Waals surface area contributed by atoms with Crippen molar-refractivity contribution in [3.05, 3.63) is 16.0 Å². The maximum Gasteiger partial charge on any atom is 0.297 e. The topological polar surface area (TPSA) is 96.0 Å². The van der Waals surface area contributed by atoms with Crippen LogP contribution in [0.1, 0.15) is 28.8 Å². The van der Waals surface area contributed by atoms with Crippen LogP contribution >= 0.6 is 11.3 Å². The molecule has 1 aliphatic carbocycles. The van der Waals surface area contributed by atoms with Crippen molar-refractivity contribution in [1.29, 1.82) is 5.26 Å². The number of aryl methyl sites for hydroxylation is 1. The van der Waals surface area contributed by atoms with Crippen LogP contribution in [0.3, 0.4) is 0 Å². The average molecular weight is 257 g/mol. The van der Waals surface area contributed by atoms with Crippen molar-refractivity contribution >= 4 is 26.5 Å². The predicted octanol–water partition coefficient (Wildman–Crippen LogP) is 1.11. The van der Waals surface area contributed by atoms with Crippen LogP contribution in [0.4, 0.5) is 5.00 Å². The van der Waals surface area contributed by atoms with Gasteiger partial charge in [0.15, 0.2) is 0 Å². The van der Waals surface area contributed by atoms with E-state index in [9.17, 15) is 8.42 Å². The van der Waals surface area contributed by atoms with E-state index in [1.165, 1.54) is 11.3 Å². The Balaban J connectivity index is 2.47. The standard InChI is InChI=1S/C9H11N3O2S2/c10-5-7-6-3-1-2-4-8(6)15-9(7)12-16(11,13)14/h12H,1-4H2,(H2,11,13,14). The molecule has 0 atom stereocenters. The van der Waals surface area contributed by atoms with Gasteiger partial charge in [0.2, 0.25) is 0 Å². The molecular formula is C9H11N3O2S2. The van der Waals surface area contributed by atoms with Gasteiger partial charge >= 0.3 is 0 Å². The van der Waals surface area contributed by atoms with Gasteiger partial charge in [0.25, 0.3) is 10.2 Å². The minimum absolute atomic E-state index is 0.358. The van der Waals surface area contributed by atoms with Crippen molar-refractivity contribution in [2.24, 2.45) is 5.14 Å². The number of thiophene rings is 1. The van der Waals surface area contributed by atoms with Gasteiger partial charge in [-0.05, 0) is 31.2 Å². The summed E-state index contributed by atoms with van der Waals surface area (Å²) in [5, 5.41) is 14.3. The van der Waals surface area contributed by atoms with Crippen molar-refractivity contribution in [3.63, 3.8) is 0 Å². The number of rotatable bonds is 2. The van der Waals surface area contributed by atoms with Gasteiger partial charge in [-0.3, -0.25) is 4.72 Å². The third-order valence-corrected chi connectivity index (χ3v) is 4.34. The van der Waals surface area contributed by atoms with Crippen LogP contribution in [-0.4, -0.2) is 8.42 Å².